The summed E-state index contributed by atoms with van der Waals surface area (Å²) in [6.45, 7) is 3.75. The molecule has 0 aliphatic rings. The maximum absolute atomic E-state index is 5.44. The summed E-state index contributed by atoms with van der Waals surface area (Å²) in [5, 5.41) is 3.11. The van der Waals surface area contributed by atoms with E-state index in [9.17, 15) is 0 Å². The number of halogens is 1. The van der Waals surface area contributed by atoms with Gasteiger partial charge >= 0.3 is 0 Å². The molecule has 0 aliphatic carbocycles. The first-order chi connectivity index (χ1) is 5.41. The summed E-state index contributed by atoms with van der Waals surface area (Å²) in [6.07, 6.45) is 0. The molecule has 0 rings (SSSR count). The summed E-state index contributed by atoms with van der Waals surface area (Å²) in [6, 6.07) is 0. The number of rotatable bonds is 8. The van der Waals surface area contributed by atoms with E-state index in [0.717, 1.165) is 19.7 Å². The van der Waals surface area contributed by atoms with Crippen LogP contribution >= 0.6 is 11.6 Å². The third-order valence-electron chi connectivity index (χ3n) is 1.13. The van der Waals surface area contributed by atoms with Crippen molar-refractivity contribution in [3.8, 4) is 0 Å². The molecule has 11 heavy (non-hydrogen) atoms. The van der Waals surface area contributed by atoms with Crippen molar-refractivity contribution in [2.24, 2.45) is 0 Å². The van der Waals surface area contributed by atoms with Gasteiger partial charge in [0.2, 0.25) is 0 Å². The highest BCUT2D eigenvalue weighted by atomic mass is 35.5. The number of hydrogen-bond acceptors (Lipinski definition) is 3. The summed E-state index contributed by atoms with van der Waals surface area (Å²) >= 11 is 5.44. The first-order valence-electron chi connectivity index (χ1n) is 3.75. The van der Waals surface area contributed by atoms with E-state index >= 15 is 0 Å². The monoisotopic (exact) mass is 181 g/mol. The molecule has 4 heteroatoms. The van der Waals surface area contributed by atoms with Crippen molar-refractivity contribution in [1.82, 2.24) is 5.32 Å². The Morgan fingerprint density at radius 2 is 2.00 bits per heavy atom. The van der Waals surface area contributed by atoms with Crippen LogP contribution in [-0.2, 0) is 9.47 Å². The predicted octanol–water partition coefficient (Wildman–Crippen LogP) is 0.478. The van der Waals surface area contributed by atoms with Crippen molar-refractivity contribution in [1.29, 1.82) is 0 Å². The van der Waals surface area contributed by atoms with Crippen LogP contribution in [0.25, 0.3) is 0 Å². The van der Waals surface area contributed by atoms with E-state index in [0.29, 0.717) is 19.1 Å². The third-order valence-corrected chi connectivity index (χ3v) is 1.32. The second-order valence-electron chi connectivity index (χ2n) is 2.04. The second kappa shape index (κ2) is 10.2. The molecule has 0 atom stereocenters. The fraction of sp³-hybridized carbons (Fsp3) is 1.00. The molecule has 0 aromatic heterocycles. The Morgan fingerprint density at radius 3 is 2.64 bits per heavy atom. The average molecular weight is 182 g/mol. The van der Waals surface area contributed by atoms with Crippen LogP contribution in [0.5, 0.6) is 0 Å². The number of ether oxygens (including phenoxy) is 2. The molecule has 3 nitrogen and oxygen atoms in total. The van der Waals surface area contributed by atoms with E-state index < -0.39 is 0 Å². The van der Waals surface area contributed by atoms with Gasteiger partial charge in [-0.3, -0.25) is 0 Å². The van der Waals surface area contributed by atoms with Crippen molar-refractivity contribution in [3.05, 3.63) is 0 Å². The van der Waals surface area contributed by atoms with Gasteiger partial charge < -0.3 is 14.8 Å². The Hall–Kier alpha value is 0.170. The fourth-order valence-corrected chi connectivity index (χ4v) is 0.714. The Bertz CT molecular complexity index is 65.5. The topological polar surface area (TPSA) is 30.5 Å². The van der Waals surface area contributed by atoms with Gasteiger partial charge in [0.25, 0.3) is 0 Å². The lowest BCUT2D eigenvalue weighted by Crippen LogP contribution is -2.22. The lowest BCUT2D eigenvalue weighted by atomic mass is 10.6. The Balaban J connectivity index is 2.69. The average Bonchev–Trinajstić information content (AvgIpc) is 2.03. The van der Waals surface area contributed by atoms with Crippen LogP contribution in [0, 0.1) is 0 Å². The SMILES string of the molecule is COCCOCCNCCCl. The van der Waals surface area contributed by atoms with Crippen molar-refractivity contribution < 1.29 is 9.47 Å². The van der Waals surface area contributed by atoms with Gasteiger partial charge in [-0.15, -0.1) is 11.6 Å². The summed E-state index contributed by atoms with van der Waals surface area (Å²) in [5.41, 5.74) is 0. The van der Waals surface area contributed by atoms with Crippen LogP contribution in [0.2, 0.25) is 0 Å². The van der Waals surface area contributed by atoms with Gasteiger partial charge in [0.15, 0.2) is 0 Å². The molecule has 0 aromatic rings. The van der Waals surface area contributed by atoms with E-state index in [1.165, 1.54) is 0 Å². The molecule has 0 aliphatic heterocycles. The van der Waals surface area contributed by atoms with Crippen molar-refractivity contribution in [3.63, 3.8) is 0 Å². The van der Waals surface area contributed by atoms with Crippen LogP contribution < -0.4 is 5.32 Å². The molecule has 0 bridgehead atoms. The zero-order valence-corrected chi connectivity index (χ0v) is 7.69. The quantitative estimate of drug-likeness (QED) is 0.437. The fourth-order valence-electron chi connectivity index (χ4n) is 0.580. The summed E-state index contributed by atoms with van der Waals surface area (Å²) < 4.78 is 9.99. The van der Waals surface area contributed by atoms with Gasteiger partial charge in [-0.2, -0.15) is 0 Å². The molecule has 0 saturated carbocycles. The predicted molar refractivity (Wildman–Crippen MR) is 46.3 cm³/mol. The van der Waals surface area contributed by atoms with Gasteiger partial charge in [-0.05, 0) is 0 Å². The molecule has 0 amide bonds. The van der Waals surface area contributed by atoms with Crippen LogP contribution in [0.1, 0.15) is 0 Å². The molecular weight excluding hydrogens is 166 g/mol. The molecule has 0 saturated heterocycles. The molecule has 68 valence electrons. The Morgan fingerprint density at radius 1 is 1.18 bits per heavy atom. The minimum Gasteiger partial charge on any atom is -0.382 e. The number of nitrogens with one attached hydrogen (secondary N) is 1. The molecule has 0 fully saturated rings. The maximum Gasteiger partial charge on any atom is 0.0700 e. The highest BCUT2D eigenvalue weighted by Gasteiger charge is 1.87. The molecule has 0 unspecified atom stereocenters. The van der Waals surface area contributed by atoms with Crippen LogP contribution in [0.15, 0.2) is 0 Å². The Labute approximate surface area is 73.0 Å². The highest BCUT2D eigenvalue weighted by molar-refractivity contribution is 6.18. The Kier molecular flexibility index (Phi) is 10.3. The largest absolute Gasteiger partial charge is 0.382 e. The molecule has 0 radical (unpaired) electrons. The summed E-state index contributed by atoms with van der Waals surface area (Å²) in [5.74, 6) is 0.651. The lowest BCUT2D eigenvalue weighted by molar-refractivity contribution is 0.0722. The third kappa shape index (κ3) is 10.2. The summed E-state index contributed by atoms with van der Waals surface area (Å²) in [7, 11) is 1.66. The van der Waals surface area contributed by atoms with Gasteiger partial charge in [0.1, 0.15) is 0 Å². The number of alkyl halides is 1. The van der Waals surface area contributed by atoms with E-state index in [4.69, 9.17) is 21.1 Å². The van der Waals surface area contributed by atoms with E-state index in [-0.39, 0.29) is 0 Å². The summed E-state index contributed by atoms with van der Waals surface area (Å²) in [4.78, 5) is 0. The number of methoxy groups -OCH3 is 1. The zero-order valence-electron chi connectivity index (χ0n) is 6.94. The van der Waals surface area contributed by atoms with Gasteiger partial charge in [-0.1, -0.05) is 0 Å². The minimum absolute atomic E-state index is 0.651. The first-order valence-corrected chi connectivity index (χ1v) is 4.28. The van der Waals surface area contributed by atoms with E-state index in [1.807, 2.05) is 0 Å². The van der Waals surface area contributed by atoms with Crippen molar-refractivity contribution in [2.75, 3.05) is 45.9 Å². The second-order valence-corrected chi connectivity index (χ2v) is 2.42. The molecule has 0 spiro atoms. The molecule has 0 aromatic carbocycles. The normalized spacial score (nSPS) is 10.4. The van der Waals surface area contributed by atoms with Crippen molar-refractivity contribution in [2.45, 2.75) is 0 Å². The molecule has 0 heterocycles. The zero-order chi connectivity index (χ0) is 8.36. The molecular formula is C7H16ClNO2. The highest BCUT2D eigenvalue weighted by Crippen LogP contribution is 1.75. The number of hydrogen-bond donors (Lipinski definition) is 1. The minimum atomic E-state index is 0.651. The van der Waals surface area contributed by atoms with Crippen LogP contribution in [0.4, 0.5) is 0 Å². The maximum atomic E-state index is 5.44. The van der Waals surface area contributed by atoms with Gasteiger partial charge in [0.05, 0.1) is 19.8 Å². The smallest absolute Gasteiger partial charge is 0.0700 e. The first kappa shape index (κ1) is 11.2. The standard InChI is InChI=1S/C7H16ClNO2/c1-10-6-7-11-5-4-9-3-2-8/h9H,2-7H2,1H3. The van der Waals surface area contributed by atoms with Gasteiger partial charge in [0, 0.05) is 26.1 Å². The lowest BCUT2D eigenvalue weighted by Gasteiger charge is -2.03. The van der Waals surface area contributed by atoms with Gasteiger partial charge in [-0.25, -0.2) is 0 Å². The van der Waals surface area contributed by atoms with Crippen LogP contribution in [0.3, 0.4) is 0 Å². The molecule has 1 N–H and O–H groups in total. The van der Waals surface area contributed by atoms with E-state index in [2.05, 4.69) is 5.32 Å². The van der Waals surface area contributed by atoms with Crippen LogP contribution in [-0.4, -0.2) is 45.9 Å². The van der Waals surface area contributed by atoms with Crippen molar-refractivity contribution >= 4 is 11.6 Å². The van der Waals surface area contributed by atoms with E-state index in [1.54, 1.807) is 7.11 Å².